The van der Waals surface area contributed by atoms with Gasteiger partial charge in [0.1, 0.15) is 0 Å². The Labute approximate surface area is 85.3 Å². The van der Waals surface area contributed by atoms with Gasteiger partial charge in [0.2, 0.25) is 0 Å². The number of benzene rings is 1. The van der Waals surface area contributed by atoms with Crippen molar-refractivity contribution in [2.45, 2.75) is 12.3 Å². The monoisotopic (exact) mass is 182 g/mol. The Kier molecular flexibility index (Phi) is 2.64. The third-order valence-corrected chi connectivity index (χ3v) is 2.57. The van der Waals surface area contributed by atoms with Crippen molar-refractivity contribution >= 4 is 0 Å². The summed E-state index contributed by atoms with van der Waals surface area (Å²) in [6.45, 7) is 3.86. The van der Waals surface area contributed by atoms with Crippen molar-refractivity contribution in [1.29, 1.82) is 0 Å². The predicted molar refractivity (Wildman–Crippen MR) is 61.2 cm³/mol. The first kappa shape index (κ1) is 9.01. The molecule has 0 heteroatoms. The molecule has 0 radical (unpaired) electrons. The lowest BCUT2D eigenvalue weighted by molar-refractivity contribution is 0.983. The third kappa shape index (κ3) is 1.69. The van der Waals surface area contributed by atoms with Crippen LogP contribution in [0.25, 0.3) is 0 Å². The molecule has 0 spiro atoms. The zero-order valence-electron chi connectivity index (χ0n) is 8.19. The van der Waals surface area contributed by atoms with E-state index in [1.165, 1.54) is 11.1 Å². The Bertz CT molecular complexity index is 368. The van der Waals surface area contributed by atoms with Crippen molar-refractivity contribution in [3.05, 3.63) is 72.4 Å². The number of allylic oxidation sites excluding steroid dienone is 5. The largest absolute Gasteiger partial charge is 0.0988 e. The van der Waals surface area contributed by atoms with Crippen LogP contribution in [-0.4, -0.2) is 0 Å². The van der Waals surface area contributed by atoms with E-state index >= 15 is 0 Å². The molecule has 0 aromatic heterocycles. The fourth-order valence-electron chi connectivity index (χ4n) is 1.83. The van der Waals surface area contributed by atoms with Gasteiger partial charge in [0, 0.05) is 5.92 Å². The van der Waals surface area contributed by atoms with E-state index in [0.29, 0.717) is 5.92 Å². The first-order valence-electron chi connectivity index (χ1n) is 4.96. The second kappa shape index (κ2) is 4.10. The molecule has 14 heavy (non-hydrogen) atoms. The highest BCUT2D eigenvalue weighted by molar-refractivity contribution is 5.40. The van der Waals surface area contributed by atoms with Crippen LogP contribution in [-0.2, 0) is 0 Å². The minimum absolute atomic E-state index is 0.405. The van der Waals surface area contributed by atoms with Crippen molar-refractivity contribution in [3.8, 4) is 0 Å². The molecule has 1 aromatic carbocycles. The average Bonchev–Trinajstić information content (AvgIpc) is 2.30. The fraction of sp³-hybridized carbons (Fsp3) is 0.143. The van der Waals surface area contributed by atoms with Crippen LogP contribution >= 0.6 is 0 Å². The van der Waals surface area contributed by atoms with Gasteiger partial charge in [-0.3, -0.25) is 0 Å². The average molecular weight is 182 g/mol. The highest BCUT2D eigenvalue weighted by Crippen LogP contribution is 2.29. The van der Waals surface area contributed by atoms with Crippen LogP contribution in [0.2, 0.25) is 0 Å². The Morgan fingerprint density at radius 3 is 2.71 bits per heavy atom. The van der Waals surface area contributed by atoms with E-state index in [1.807, 2.05) is 12.1 Å². The maximum absolute atomic E-state index is 3.86. The maximum atomic E-state index is 3.86. The molecule has 2 rings (SSSR count). The first-order chi connectivity index (χ1) is 6.92. The van der Waals surface area contributed by atoms with Crippen molar-refractivity contribution in [2.24, 2.45) is 0 Å². The van der Waals surface area contributed by atoms with E-state index < -0.39 is 0 Å². The second-order valence-electron chi connectivity index (χ2n) is 3.46. The third-order valence-electron chi connectivity index (χ3n) is 2.57. The molecular formula is C14H14. The first-order valence-corrected chi connectivity index (χ1v) is 4.96. The molecule has 70 valence electrons. The Balaban J connectivity index is 2.34. The second-order valence-corrected chi connectivity index (χ2v) is 3.46. The quantitative estimate of drug-likeness (QED) is 0.609. The van der Waals surface area contributed by atoms with Crippen molar-refractivity contribution in [3.63, 3.8) is 0 Å². The number of hydrogen-bond acceptors (Lipinski definition) is 0. The summed E-state index contributed by atoms with van der Waals surface area (Å²) in [5.41, 5.74) is 2.66. The highest BCUT2D eigenvalue weighted by Gasteiger charge is 2.12. The minimum Gasteiger partial charge on any atom is -0.0988 e. The van der Waals surface area contributed by atoms with Crippen LogP contribution < -0.4 is 0 Å². The fourth-order valence-corrected chi connectivity index (χ4v) is 1.83. The SMILES string of the molecule is C=CC1=CCC=CC1c1ccccc1. The van der Waals surface area contributed by atoms with Gasteiger partial charge in [0.05, 0.1) is 0 Å². The van der Waals surface area contributed by atoms with Gasteiger partial charge in [-0.05, 0) is 17.6 Å². The van der Waals surface area contributed by atoms with Crippen LogP contribution in [0.5, 0.6) is 0 Å². The van der Waals surface area contributed by atoms with Crippen LogP contribution in [0.3, 0.4) is 0 Å². The lowest BCUT2D eigenvalue weighted by Crippen LogP contribution is -2.00. The molecule has 0 fully saturated rings. The number of rotatable bonds is 2. The molecule has 1 aliphatic carbocycles. The molecule has 0 saturated carbocycles. The van der Waals surface area contributed by atoms with E-state index in [4.69, 9.17) is 0 Å². The van der Waals surface area contributed by atoms with E-state index in [0.717, 1.165) is 6.42 Å². The van der Waals surface area contributed by atoms with Gasteiger partial charge in [-0.15, -0.1) is 0 Å². The van der Waals surface area contributed by atoms with E-state index in [2.05, 4.69) is 49.1 Å². The Hall–Kier alpha value is -1.56. The molecule has 0 nitrogen and oxygen atoms in total. The van der Waals surface area contributed by atoms with Gasteiger partial charge < -0.3 is 0 Å². The smallest absolute Gasteiger partial charge is 0.0266 e. The zero-order valence-corrected chi connectivity index (χ0v) is 8.19. The van der Waals surface area contributed by atoms with Gasteiger partial charge in [-0.25, -0.2) is 0 Å². The standard InChI is InChI=1S/C14H14/c1-2-12-8-6-7-11-14(12)13-9-4-3-5-10-13/h2-5,7-11,14H,1,6H2. The summed E-state index contributed by atoms with van der Waals surface area (Å²) in [6.07, 6.45) is 9.70. The summed E-state index contributed by atoms with van der Waals surface area (Å²) < 4.78 is 0. The van der Waals surface area contributed by atoms with Crippen molar-refractivity contribution < 1.29 is 0 Å². The molecule has 0 bridgehead atoms. The highest BCUT2D eigenvalue weighted by atomic mass is 14.2. The topological polar surface area (TPSA) is 0 Å². The molecule has 0 heterocycles. The molecule has 0 amide bonds. The van der Waals surface area contributed by atoms with Crippen LogP contribution in [0.4, 0.5) is 0 Å². The lowest BCUT2D eigenvalue weighted by Gasteiger charge is -2.17. The normalized spacial score (nSPS) is 20.3. The summed E-state index contributed by atoms with van der Waals surface area (Å²) in [5.74, 6) is 0.405. The molecule has 0 N–H and O–H groups in total. The summed E-state index contributed by atoms with van der Waals surface area (Å²) in [4.78, 5) is 0. The summed E-state index contributed by atoms with van der Waals surface area (Å²) >= 11 is 0. The Morgan fingerprint density at radius 2 is 2.00 bits per heavy atom. The van der Waals surface area contributed by atoms with Crippen molar-refractivity contribution in [1.82, 2.24) is 0 Å². The van der Waals surface area contributed by atoms with E-state index in [9.17, 15) is 0 Å². The van der Waals surface area contributed by atoms with E-state index in [-0.39, 0.29) is 0 Å². The van der Waals surface area contributed by atoms with E-state index in [1.54, 1.807) is 0 Å². The summed E-state index contributed by atoms with van der Waals surface area (Å²) in [6, 6.07) is 10.5. The summed E-state index contributed by atoms with van der Waals surface area (Å²) in [5, 5.41) is 0. The molecule has 0 saturated heterocycles. The summed E-state index contributed by atoms with van der Waals surface area (Å²) in [7, 11) is 0. The molecule has 0 aliphatic heterocycles. The molecule has 1 unspecified atom stereocenters. The van der Waals surface area contributed by atoms with Gasteiger partial charge >= 0.3 is 0 Å². The van der Waals surface area contributed by atoms with Crippen LogP contribution in [0.1, 0.15) is 17.9 Å². The maximum Gasteiger partial charge on any atom is 0.0266 e. The zero-order chi connectivity index (χ0) is 9.80. The van der Waals surface area contributed by atoms with Crippen LogP contribution in [0, 0.1) is 0 Å². The van der Waals surface area contributed by atoms with Crippen LogP contribution in [0.15, 0.2) is 66.8 Å². The van der Waals surface area contributed by atoms with Gasteiger partial charge in [-0.1, -0.05) is 61.2 Å². The van der Waals surface area contributed by atoms with Crippen molar-refractivity contribution in [2.75, 3.05) is 0 Å². The molecule has 1 aromatic rings. The van der Waals surface area contributed by atoms with Gasteiger partial charge in [0.25, 0.3) is 0 Å². The predicted octanol–water partition coefficient (Wildman–Crippen LogP) is 3.84. The number of hydrogen-bond donors (Lipinski definition) is 0. The van der Waals surface area contributed by atoms with Gasteiger partial charge in [0.15, 0.2) is 0 Å². The van der Waals surface area contributed by atoms with Gasteiger partial charge in [-0.2, -0.15) is 0 Å². The molecule has 1 aliphatic rings. The Morgan fingerprint density at radius 1 is 1.21 bits per heavy atom. The molecule has 1 atom stereocenters. The lowest BCUT2D eigenvalue weighted by atomic mass is 9.87. The molecular weight excluding hydrogens is 168 g/mol. The minimum atomic E-state index is 0.405.